The Labute approximate surface area is 125 Å². The van der Waals surface area contributed by atoms with Gasteiger partial charge in [-0.15, -0.1) is 0 Å². The van der Waals surface area contributed by atoms with Crippen molar-refractivity contribution < 1.29 is 4.79 Å². The maximum absolute atomic E-state index is 11.9. The smallest absolute Gasteiger partial charge is 0.291 e. The number of rotatable bonds is 3. The molecule has 7 heteroatoms. The van der Waals surface area contributed by atoms with Crippen molar-refractivity contribution in [2.24, 2.45) is 5.10 Å². The van der Waals surface area contributed by atoms with Crippen molar-refractivity contribution in [3.63, 3.8) is 0 Å². The van der Waals surface area contributed by atoms with E-state index >= 15 is 0 Å². The molecule has 3 aromatic rings. The predicted molar refractivity (Wildman–Crippen MR) is 79.5 cm³/mol. The van der Waals surface area contributed by atoms with Crippen molar-refractivity contribution in [1.29, 1.82) is 0 Å². The molecule has 1 N–H and O–H groups in total. The largest absolute Gasteiger partial charge is 0.303 e. The molecule has 0 atom stereocenters. The van der Waals surface area contributed by atoms with Crippen LogP contribution in [0.1, 0.15) is 16.1 Å². The van der Waals surface area contributed by atoms with Gasteiger partial charge in [0, 0.05) is 23.6 Å². The molecule has 0 aliphatic rings. The van der Waals surface area contributed by atoms with E-state index in [4.69, 9.17) is 11.6 Å². The third-order valence-corrected chi connectivity index (χ3v) is 3.00. The van der Waals surface area contributed by atoms with E-state index in [1.54, 1.807) is 53.5 Å². The Balaban J connectivity index is 1.70. The number of carbonyl (C=O) groups excluding carboxylic acids is 1. The molecule has 1 aromatic carbocycles. The lowest BCUT2D eigenvalue weighted by Crippen LogP contribution is -2.17. The van der Waals surface area contributed by atoms with Gasteiger partial charge in [-0.3, -0.25) is 9.78 Å². The molecule has 0 saturated carbocycles. The van der Waals surface area contributed by atoms with Crippen molar-refractivity contribution in [1.82, 2.24) is 19.8 Å². The molecule has 0 aliphatic heterocycles. The van der Waals surface area contributed by atoms with Crippen molar-refractivity contribution in [3.8, 4) is 0 Å². The third kappa shape index (κ3) is 3.06. The highest BCUT2D eigenvalue weighted by molar-refractivity contribution is 6.30. The van der Waals surface area contributed by atoms with Crippen LogP contribution in [0.25, 0.3) is 5.65 Å². The van der Waals surface area contributed by atoms with E-state index in [2.05, 4.69) is 20.5 Å². The first-order chi connectivity index (χ1) is 10.2. The normalized spacial score (nSPS) is 11.1. The third-order valence-electron chi connectivity index (χ3n) is 2.75. The Hall–Kier alpha value is -2.73. The van der Waals surface area contributed by atoms with Gasteiger partial charge in [0.25, 0.3) is 5.91 Å². The van der Waals surface area contributed by atoms with Gasteiger partial charge in [-0.25, -0.2) is 10.4 Å². The van der Waals surface area contributed by atoms with Crippen molar-refractivity contribution in [2.45, 2.75) is 0 Å². The fourth-order valence-electron chi connectivity index (χ4n) is 1.72. The zero-order valence-corrected chi connectivity index (χ0v) is 11.5. The van der Waals surface area contributed by atoms with Crippen LogP contribution in [0.3, 0.4) is 0 Å². The Morgan fingerprint density at radius 2 is 2.14 bits per heavy atom. The number of hydrazone groups is 1. The maximum Gasteiger partial charge on any atom is 0.291 e. The fraction of sp³-hybridized carbons (Fsp3) is 0. The van der Waals surface area contributed by atoms with E-state index < -0.39 is 0 Å². The van der Waals surface area contributed by atoms with Gasteiger partial charge >= 0.3 is 0 Å². The Morgan fingerprint density at radius 1 is 1.33 bits per heavy atom. The first-order valence-corrected chi connectivity index (χ1v) is 6.48. The lowest BCUT2D eigenvalue weighted by molar-refractivity contribution is 0.0951. The highest BCUT2D eigenvalue weighted by atomic mass is 35.5. The monoisotopic (exact) mass is 299 g/mol. The minimum absolute atomic E-state index is 0.274. The number of hydrogen-bond acceptors (Lipinski definition) is 4. The number of amides is 1. The maximum atomic E-state index is 11.9. The van der Waals surface area contributed by atoms with Crippen LogP contribution in [-0.2, 0) is 0 Å². The molecule has 0 unspecified atom stereocenters. The number of nitrogens with zero attached hydrogens (tertiary/aromatic N) is 4. The first kappa shape index (κ1) is 13.3. The Bertz CT molecular complexity index is 777. The second kappa shape index (κ2) is 5.72. The molecular weight excluding hydrogens is 290 g/mol. The van der Waals surface area contributed by atoms with Crippen LogP contribution in [0.15, 0.2) is 54.2 Å². The van der Waals surface area contributed by atoms with Crippen LogP contribution < -0.4 is 5.43 Å². The van der Waals surface area contributed by atoms with Crippen LogP contribution in [0, 0.1) is 0 Å². The van der Waals surface area contributed by atoms with Crippen LogP contribution >= 0.6 is 11.6 Å². The molecule has 0 fully saturated rings. The summed E-state index contributed by atoms with van der Waals surface area (Å²) in [6.45, 7) is 0. The summed E-state index contributed by atoms with van der Waals surface area (Å²) >= 11 is 5.78. The summed E-state index contributed by atoms with van der Waals surface area (Å²) in [6, 6.07) is 7.10. The molecule has 1 amide bonds. The van der Waals surface area contributed by atoms with Crippen LogP contribution in [0.2, 0.25) is 5.02 Å². The number of imidazole rings is 1. The quantitative estimate of drug-likeness (QED) is 0.595. The van der Waals surface area contributed by atoms with E-state index in [0.29, 0.717) is 10.7 Å². The molecule has 2 heterocycles. The standard InChI is InChI=1S/C14H10ClN5O/c15-11-3-1-10(2-4-11)7-17-19-14(21)12-9-20-6-5-16-8-13(20)18-12/h1-9H,(H,19,21)/b17-7+. The number of carbonyl (C=O) groups is 1. The van der Waals surface area contributed by atoms with Gasteiger partial charge in [-0.1, -0.05) is 23.7 Å². The Morgan fingerprint density at radius 3 is 2.90 bits per heavy atom. The molecule has 3 rings (SSSR count). The van der Waals surface area contributed by atoms with Crippen LogP contribution in [0.4, 0.5) is 0 Å². The summed E-state index contributed by atoms with van der Waals surface area (Å²) in [5.74, 6) is -0.385. The highest BCUT2D eigenvalue weighted by Crippen LogP contribution is 2.07. The molecule has 0 bridgehead atoms. The molecule has 104 valence electrons. The van der Waals surface area contributed by atoms with Crippen molar-refractivity contribution >= 4 is 29.4 Å². The highest BCUT2D eigenvalue weighted by Gasteiger charge is 2.09. The summed E-state index contributed by atoms with van der Waals surface area (Å²) in [5, 5.41) is 4.53. The topological polar surface area (TPSA) is 71.7 Å². The minimum Gasteiger partial charge on any atom is -0.303 e. The molecule has 0 saturated heterocycles. The molecule has 6 nitrogen and oxygen atoms in total. The molecular formula is C14H10ClN5O. The average molecular weight is 300 g/mol. The predicted octanol–water partition coefficient (Wildman–Crippen LogP) is 2.15. The molecule has 2 aromatic heterocycles. The average Bonchev–Trinajstić information content (AvgIpc) is 2.93. The number of halogens is 1. The lowest BCUT2D eigenvalue weighted by Gasteiger charge is -1.95. The fourth-order valence-corrected chi connectivity index (χ4v) is 1.85. The van der Waals surface area contributed by atoms with E-state index in [9.17, 15) is 4.79 Å². The zero-order valence-electron chi connectivity index (χ0n) is 10.8. The molecule has 21 heavy (non-hydrogen) atoms. The van der Waals surface area contributed by atoms with Crippen molar-refractivity contribution in [2.75, 3.05) is 0 Å². The molecule has 0 spiro atoms. The lowest BCUT2D eigenvalue weighted by atomic mass is 10.2. The SMILES string of the molecule is O=C(N/N=C/c1ccc(Cl)cc1)c1cn2ccncc2n1. The van der Waals surface area contributed by atoms with E-state index in [1.807, 2.05) is 0 Å². The number of fused-ring (bicyclic) bond motifs is 1. The van der Waals surface area contributed by atoms with Crippen LogP contribution in [-0.4, -0.2) is 26.5 Å². The van der Waals surface area contributed by atoms with Gasteiger partial charge in [0.2, 0.25) is 0 Å². The van der Waals surface area contributed by atoms with Gasteiger partial charge in [-0.2, -0.15) is 5.10 Å². The Kier molecular flexibility index (Phi) is 3.61. The summed E-state index contributed by atoms with van der Waals surface area (Å²) in [7, 11) is 0. The summed E-state index contributed by atoms with van der Waals surface area (Å²) < 4.78 is 1.71. The van der Waals surface area contributed by atoms with Gasteiger partial charge in [0.1, 0.15) is 5.69 Å². The van der Waals surface area contributed by atoms with E-state index in [1.165, 1.54) is 6.21 Å². The van der Waals surface area contributed by atoms with E-state index in [-0.39, 0.29) is 11.6 Å². The summed E-state index contributed by atoms with van der Waals surface area (Å²) in [4.78, 5) is 20.0. The number of benzene rings is 1. The van der Waals surface area contributed by atoms with Gasteiger partial charge in [-0.05, 0) is 17.7 Å². The second-order valence-electron chi connectivity index (χ2n) is 4.22. The first-order valence-electron chi connectivity index (χ1n) is 6.10. The van der Waals surface area contributed by atoms with Gasteiger partial charge < -0.3 is 4.40 Å². The minimum atomic E-state index is -0.385. The van der Waals surface area contributed by atoms with Gasteiger partial charge in [0.15, 0.2) is 5.65 Å². The van der Waals surface area contributed by atoms with Crippen molar-refractivity contribution in [3.05, 3.63) is 65.3 Å². The summed E-state index contributed by atoms with van der Waals surface area (Å²) in [6.07, 6.45) is 8.06. The number of nitrogens with one attached hydrogen (secondary N) is 1. The van der Waals surface area contributed by atoms with Gasteiger partial charge in [0.05, 0.1) is 12.4 Å². The number of hydrogen-bond donors (Lipinski definition) is 1. The van der Waals surface area contributed by atoms with E-state index in [0.717, 1.165) is 5.56 Å². The molecule has 0 radical (unpaired) electrons. The zero-order chi connectivity index (χ0) is 14.7. The molecule has 0 aliphatic carbocycles. The van der Waals surface area contributed by atoms with Crippen LogP contribution in [0.5, 0.6) is 0 Å². The second-order valence-corrected chi connectivity index (χ2v) is 4.66. The summed E-state index contributed by atoms with van der Waals surface area (Å²) in [5.41, 5.74) is 4.13. The number of aromatic nitrogens is 3.